The van der Waals surface area contributed by atoms with Crippen LogP contribution in [0.25, 0.3) is 0 Å². The zero-order chi connectivity index (χ0) is 9.84. The highest BCUT2D eigenvalue weighted by Crippen LogP contribution is 2.11. The topological polar surface area (TPSA) is 38.1 Å². The molecule has 3 nitrogen and oxygen atoms in total. The Labute approximate surface area is 79.4 Å². The van der Waals surface area contributed by atoms with Crippen LogP contribution in [0.15, 0.2) is 12.4 Å². The lowest BCUT2D eigenvalue weighted by atomic mass is 10.0. The third-order valence-electron chi connectivity index (χ3n) is 2.57. The van der Waals surface area contributed by atoms with Crippen molar-refractivity contribution in [3.05, 3.63) is 18.2 Å². The summed E-state index contributed by atoms with van der Waals surface area (Å²) in [4.78, 5) is 4.23. The van der Waals surface area contributed by atoms with Gasteiger partial charge in [0.05, 0.1) is 6.10 Å². The van der Waals surface area contributed by atoms with E-state index in [9.17, 15) is 5.11 Å². The van der Waals surface area contributed by atoms with Gasteiger partial charge in [-0.1, -0.05) is 6.92 Å². The first-order valence-electron chi connectivity index (χ1n) is 4.75. The molecule has 3 heteroatoms. The van der Waals surface area contributed by atoms with Crippen molar-refractivity contribution in [3.8, 4) is 0 Å². The van der Waals surface area contributed by atoms with Crippen molar-refractivity contribution in [2.45, 2.75) is 32.8 Å². The summed E-state index contributed by atoms with van der Waals surface area (Å²) in [5, 5.41) is 9.29. The molecule has 0 amide bonds. The molecule has 0 saturated heterocycles. The minimum atomic E-state index is -0.222. The molecule has 13 heavy (non-hydrogen) atoms. The minimum absolute atomic E-state index is 0.222. The summed E-state index contributed by atoms with van der Waals surface area (Å²) in [5.74, 6) is 1.43. The first kappa shape index (κ1) is 10.3. The van der Waals surface area contributed by atoms with E-state index < -0.39 is 0 Å². The maximum Gasteiger partial charge on any atom is 0.108 e. The molecule has 0 aromatic carbocycles. The molecule has 1 N–H and O–H groups in total. The second-order valence-electron chi connectivity index (χ2n) is 3.71. The van der Waals surface area contributed by atoms with E-state index in [0.717, 1.165) is 18.7 Å². The summed E-state index contributed by atoms with van der Waals surface area (Å²) in [7, 11) is 2.00. The molecule has 2 unspecified atom stereocenters. The monoisotopic (exact) mass is 182 g/mol. The van der Waals surface area contributed by atoms with Crippen LogP contribution in [0.4, 0.5) is 0 Å². The van der Waals surface area contributed by atoms with E-state index in [1.165, 1.54) is 0 Å². The van der Waals surface area contributed by atoms with Gasteiger partial charge in [-0.05, 0) is 19.3 Å². The number of hydrogen-bond acceptors (Lipinski definition) is 2. The Hall–Kier alpha value is -0.830. The van der Waals surface area contributed by atoms with Gasteiger partial charge in [-0.15, -0.1) is 0 Å². The number of nitrogens with zero attached hydrogens (tertiary/aromatic N) is 2. The lowest BCUT2D eigenvalue weighted by Gasteiger charge is -2.13. The molecule has 0 saturated carbocycles. The molecule has 0 spiro atoms. The maximum absolute atomic E-state index is 9.29. The number of aliphatic hydroxyl groups is 1. The van der Waals surface area contributed by atoms with E-state index >= 15 is 0 Å². The number of hydrogen-bond donors (Lipinski definition) is 1. The molecule has 0 bridgehead atoms. The highest BCUT2D eigenvalue weighted by Gasteiger charge is 2.09. The van der Waals surface area contributed by atoms with Gasteiger partial charge in [0.15, 0.2) is 0 Å². The molecule has 2 atom stereocenters. The SMILES string of the molecule is CC(O)C(C)CCc1nccn1C. The number of rotatable bonds is 4. The third kappa shape index (κ3) is 2.84. The molecule has 74 valence electrons. The molecule has 1 aromatic heterocycles. The zero-order valence-electron chi connectivity index (χ0n) is 8.57. The van der Waals surface area contributed by atoms with E-state index in [4.69, 9.17) is 0 Å². The van der Waals surface area contributed by atoms with Crippen LogP contribution in [0.1, 0.15) is 26.1 Å². The Balaban J connectivity index is 2.39. The third-order valence-corrected chi connectivity index (χ3v) is 2.57. The minimum Gasteiger partial charge on any atom is -0.393 e. The summed E-state index contributed by atoms with van der Waals surface area (Å²) < 4.78 is 2.02. The van der Waals surface area contributed by atoms with Gasteiger partial charge in [-0.2, -0.15) is 0 Å². The van der Waals surface area contributed by atoms with Crippen LogP contribution >= 0.6 is 0 Å². The summed E-state index contributed by atoms with van der Waals surface area (Å²) in [6.45, 7) is 3.90. The van der Waals surface area contributed by atoms with Gasteiger partial charge in [0.2, 0.25) is 0 Å². The highest BCUT2D eigenvalue weighted by atomic mass is 16.3. The molecule has 0 aliphatic carbocycles. The van der Waals surface area contributed by atoms with Crippen LogP contribution < -0.4 is 0 Å². The van der Waals surface area contributed by atoms with Crippen molar-refractivity contribution in [2.24, 2.45) is 13.0 Å². The molecular weight excluding hydrogens is 164 g/mol. The number of imidazole rings is 1. The van der Waals surface area contributed by atoms with Crippen molar-refractivity contribution in [1.29, 1.82) is 0 Å². The van der Waals surface area contributed by atoms with E-state index in [-0.39, 0.29) is 6.10 Å². The Morgan fingerprint density at radius 2 is 2.23 bits per heavy atom. The predicted octanol–water partition coefficient (Wildman–Crippen LogP) is 1.37. The second-order valence-corrected chi connectivity index (χ2v) is 3.71. The first-order valence-corrected chi connectivity index (χ1v) is 4.75. The fourth-order valence-corrected chi connectivity index (χ4v) is 1.24. The molecular formula is C10H18N2O. The van der Waals surface area contributed by atoms with Crippen molar-refractivity contribution < 1.29 is 5.11 Å². The molecule has 0 fully saturated rings. The standard InChI is InChI=1S/C10H18N2O/c1-8(9(2)13)4-5-10-11-6-7-12(10)3/h6-9,13H,4-5H2,1-3H3. The van der Waals surface area contributed by atoms with E-state index in [0.29, 0.717) is 5.92 Å². The average Bonchev–Trinajstić information content (AvgIpc) is 2.47. The summed E-state index contributed by atoms with van der Waals surface area (Å²) in [6, 6.07) is 0. The van der Waals surface area contributed by atoms with Crippen LogP contribution in [-0.2, 0) is 13.5 Å². The van der Waals surface area contributed by atoms with Crippen molar-refractivity contribution in [2.75, 3.05) is 0 Å². The molecule has 1 aromatic rings. The van der Waals surface area contributed by atoms with Crippen LogP contribution in [-0.4, -0.2) is 20.8 Å². The zero-order valence-corrected chi connectivity index (χ0v) is 8.57. The van der Waals surface area contributed by atoms with Gasteiger partial charge in [0.1, 0.15) is 5.82 Å². The molecule has 1 rings (SSSR count). The van der Waals surface area contributed by atoms with Crippen molar-refractivity contribution >= 4 is 0 Å². The average molecular weight is 182 g/mol. The number of aliphatic hydroxyl groups excluding tert-OH is 1. The smallest absolute Gasteiger partial charge is 0.108 e. The predicted molar refractivity (Wildman–Crippen MR) is 52.4 cm³/mol. The maximum atomic E-state index is 9.29. The van der Waals surface area contributed by atoms with Crippen LogP contribution in [0.5, 0.6) is 0 Å². The Morgan fingerprint density at radius 1 is 1.54 bits per heavy atom. The fraction of sp³-hybridized carbons (Fsp3) is 0.700. The molecule has 0 aliphatic rings. The summed E-state index contributed by atoms with van der Waals surface area (Å²) in [6.07, 6.45) is 5.46. The highest BCUT2D eigenvalue weighted by molar-refractivity contribution is 4.91. The molecule has 1 heterocycles. The Bertz CT molecular complexity index is 255. The van der Waals surface area contributed by atoms with Gasteiger partial charge in [0, 0.05) is 25.9 Å². The van der Waals surface area contributed by atoms with Crippen LogP contribution in [0.3, 0.4) is 0 Å². The van der Waals surface area contributed by atoms with Gasteiger partial charge < -0.3 is 9.67 Å². The van der Waals surface area contributed by atoms with Gasteiger partial charge >= 0.3 is 0 Å². The van der Waals surface area contributed by atoms with Crippen LogP contribution in [0.2, 0.25) is 0 Å². The van der Waals surface area contributed by atoms with E-state index in [1.807, 2.05) is 30.9 Å². The second kappa shape index (κ2) is 4.42. The lowest BCUT2D eigenvalue weighted by molar-refractivity contribution is 0.130. The summed E-state index contributed by atoms with van der Waals surface area (Å²) in [5.41, 5.74) is 0. The van der Waals surface area contributed by atoms with Crippen molar-refractivity contribution in [1.82, 2.24) is 9.55 Å². The first-order chi connectivity index (χ1) is 6.11. The number of aromatic nitrogens is 2. The molecule has 0 radical (unpaired) electrons. The fourth-order valence-electron chi connectivity index (χ4n) is 1.24. The molecule has 0 aliphatic heterocycles. The van der Waals surface area contributed by atoms with Gasteiger partial charge in [-0.25, -0.2) is 4.98 Å². The summed E-state index contributed by atoms with van der Waals surface area (Å²) >= 11 is 0. The van der Waals surface area contributed by atoms with E-state index in [2.05, 4.69) is 11.9 Å². The van der Waals surface area contributed by atoms with Crippen LogP contribution in [0, 0.1) is 5.92 Å². The lowest BCUT2D eigenvalue weighted by Crippen LogP contribution is -2.14. The quantitative estimate of drug-likeness (QED) is 0.763. The normalized spacial score (nSPS) is 15.7. The van der Waals surface area contributed by atoms with Gasteiger partial charge in [0.25, 0.3) is 0 Å². The Morgan fingerprint density at radius 3 is 2.69 bits per heavy atom. The van der Waals surface area contributed by atoms with Crippen molar-refractivity contribution in [3.63, 3.8) is 0 Å². The van der Waals surface area contributed by atoms with Gasteiger partial charge in [-0.3, -0.25) is 0 Å². The van der Waals surface area contributed by atoms with E-state index in [1.54, 1.807) is 0 Å². The largest absolute Gasteiger partial charge is 0.393 e. The Kier molecular flexibility index (Phi) is 3.48. The number of aryl methyl sites for hydroxylation is 2.